The minimum Gasteiger partial charge on any atom is -0.495 e. The standard InChI is InChI=1S/C17H17NO5S.C15H11NO5S/c1-20-13-10-3-8-24-16(10)15(21-2)14-11(13)9-12(23-14)17(19)18-4-6-22-7-5-18;17-11-8-1-6-22-14(8)12(18)13-9(11)7-10(21-13)15(19)16-2-4-20-5-3-16/h3,8-9H,4-7H2,1-2H3;1,6-7H,2-5H2. The SMILES string of the molecule is COc1c2cc(C(=O)N3CCOCC3)oc2c(OC)c2sccc12.O=C1c2cc(C(=O)N3CCOCC3)oc2C(=O)c2sccc21. The summed E-state index contributed by atoms with van der Waals surface area (Å²) in [5.74, 6) is 0.574. The molecule has 238 valence electrons. The van der Waals surface area contributed by atoms with Crippen LogP contribution < -0.4 is 9.47 Å². The first-order valence-corrected chi connectivity index (χ1v) is 16.3. The summed E-state index contributed by atoms with van der Waals surface area (Å²) < 4.78 is 33.9. The molecule has 4 aromatic heterocycles. The average Bonchev–Trinajstić information content (AvgIpc) is 3.92. The number of nitrogens with zero attached hydrogens (tertiary/aromatic N) is 2. The molecule has 1 aliphatic carbocycles. The van der Waals surface area contributed by atoms with E-state index in [9.17, 15) is 19.2 Å². The Bertz CT molecular complexity index is 1880. The van der Waals surface area contributed by atoms with E-state index in [-0.39, 0.29) is 40.5 Å². The van der Waals surface area contributed by atoms with Gasteiger partial charge < -0.3 is 37.6 Å². The van der Waals surface area contributed by atoms with E-state index >= 15 is 0 Å². The van der Waals surface area contributed by atoms with Gasteiger partial charge in [-0.2, -0.15) is 0 Å². The maximum absolute atomic E-state index is 12.7. The van der Waals surface area contributed by atoms with Gasteiger partial charge in [-0.25, -0.2) is 0 Å². The van der Waals surface area contributed by atoms with Crippen molar-refractivity contribution < 1.29 is 47.0 Å². The zero-order valence-corrected chi connectivity index (χ0v) is 26.5. The molecule has 2 aliphatic heterocycles. The van der Waals surface area contributed by atoms with Crippen molar-refractivity contribution in [3.8, 4) is 11.5 Å². The van der Waals surface area contributed by atoms with E-state index < -0.39 is 0 Å². The molecule has 2 fully saturated rings. The first-order chi connectivity index (χ1) is 22.4. The lowest BCUT2D eigenvalue weighted by molar-refractivity contribution is 0.0281. The number of fused-ring (bicyclic) bond motifs is 4. The highest BCUT2D eigenvalue weighted by molar-refractivity contribution is 7.17. The molecule has 46 heavy (non-hydrogen) atoms. The largest absolute Gasteiger partial charge is 0.495 e. The summed E-state index contributed by atoms with van der Waals surface area (Å²) in [6.45, 7) is 4.13. The predicted molar refractivity (Wildman–Crippen MR) is 168 cm³/mol. The number of carbonyl (C=O) groups is 4. The van der Waals surface area contributed by atoms with Crippen LogP contribution >= 0.6 is 22.7 Å². The number of ether oxygens (including phenoxy) is 4. The molecule has 12 nitrogen and oxygen atoms in total. The fourth-order valence-electron chi connectivity index (χ4n) is 5.74. The highest BCUT2D eigenvalue weighted by atomic mass is 32.1. The summed E-state index contributed by atoms with van der Waals surface area (Å²) in [5.41, 5.74) is 1.10. The van der Waals surface area contributed by atoms with E-state index in [0.29, 0.717) is 85.9 Å². The third-order valence-electron chi connectivity index (χ3n) is 8.02. The Morgan fingerprint density at radius 3 is 1.96 bits per heavy atom. The van der Waals surface area contributed by atoms with E-state index in [1.165, 1.54) is 17.4 Å². The monoisotopic (exact) mass is 664 g/mol. The van der Waals surface area contributed by atoms with E-state index in [1.54, 1.807) is 52.9 Å². The number of methoxy groups -OCH3 is 2. The van der Waals surface area contributed by atoms with Crippen LogP contribution in [0, 0.1) is 0 Å². The number of morpholine rings is 2. The Kier molecular flexibility index (Phi) is 8.11. The lowest BCUT2D eigenvalue weighted by Gasteiger charge is -2.25. The van der Waals surface area contributed by atoms with Gasteiger partial charge in [-0.05, 0) is 22.9 Å². The minimum atomic E-state index is -0.333. The molecule has 2 saturated heterocycles. The average molecular weight is 665 g/mol. The second-order valence-electron chi connectivity index (χ2n) is 10.6. The van der Waals surface area contributed by atoms with Gasteiger partial charge in [0, 0.05) is 49.3 Å². The van der Waals surface area contributed by atoms with Gasteiger partial charge >= 0.3 is 0 Å². The van der Waals surface area contributed by atoms with Crippen LogP contribution in [-0.4, -0.2) is 100 Å². The van der Waals surface area contributed by atoms with E-state index in [2.05, 4.69) is 0 Å². The second kappa shape index (κ2) is 12.4. The third kappa shape index (κ3) is 5.07. The van der Waals surface area contributed by atoms with Crippen molar-refractivity contribution in [2.24, 2.45) is 0 Å². The van der Waals surface area contributed by atoms with Crippen LogP contribution in [0.1, 0.15) is 52.5 Å². The molecule has 0 atom stereocenters. The molecular weight excluding hydrogens is 636 g/mol. The van der Waals surface area contributed by atoms with Gasteiger partial charge in [0.15, 0.2) is 34.4 Å². The van der Waals surface area contributed by atoms with Gasteiger partial charge in [0.25, 0.3) is 11.8 Å². The van der Waals surface area contributed by atoms with Crippen molar-refractivity contribution in [1.82, 2.24) is 9.80 Å². The van der Waals surface area contributed by atoms with Crippen LogP contribution in [0.3, 0.4) is 0 Å². The van der Waals surface area contributed by atoms with Crippen molar-refractivity contribution in [2.45, 2.75) is 0 Å². The fourth-order valence-corrected chi connectivity index (χ4v) is 7.48. The third-order valence-corrected chi connectivity index (χ3v) is 9.85. The fraction of sp³-hybridized carbons (Fsp3) is 0.312. The van der Waals surface area contributed by atoms with Gasteiger partial charge in [0.05, 0.1) is 61.2 Å². The highest BCUT2D eigenvalue weighted by Crippen LogP contribution is 2.46. The molecule has 0 saturated carbocycles. The van der Waals surface area contributed by atoms with Crippen LogP contribution in [0.2, 0.25) is 0 Å². The minimum absolute atomic E-state index is 0.0310. The number of rotatable bonds is 4. The quantitative estimate of drug-likeness (QED) is 0.260. The highest BCUT2D eigenvalue weighted by Gasteiger charge is 2.36. The lowest BCUT2D eigenvalue weighted by atomic mass is 9.95. The van der Waals surface area contributed by atoms with Gasteiger partial charge in [0.2, 0.25) is 5.78 Å². The first kappa shape index (κ1) is 30.2. The van der Waals surface area contributed by atoms with Crippen LogP contribution in [0.4, 0.5) is 0 Å². The second-order valence-corrected chi connectivity index (χ2v) is 12.4. The molecule has 5 aromatic rings. The Morgan fingerprint density at radius 1 is 0.717 bits per heavy atom. The molecule has 14 heteroatoms. The first-order valence-electron chi connectivity index (χ1n) is 14.5. The number of carbonyl (C=O) groups excluding carboxylic acids is 4. The van der Waals surface area contributed by atoms with Crippen molar-refractivity contribution in [3.05, 3.63) is 68.3 Å². The zero-order chi connectivity index (χ0) is 31.9. The topological polar surface area (TPSA) is 138 Å². The van der Waals surface area contributed by atoms with Crippen LogP contribution in [-0.2, 0) is 9.47 Å². The van der Waals surface area contributed by atoms with Gasteiger partial charge in [-0.3, -0.25) is 19.2 Å². The van der Waals surface area contributed by atoms with Crippen LogP contribution in [0.15, 0.2) is 43.9 Å². The summed E-state index contributed by atoms with van der Waals surface area (Å²) >= 11 is 2.76. The van der Waals surface area contributed by atoms with E-state index in [4.69, 9.17) is 27.8 Å². The molecule has 0 spiro atoms. The predicted octanol–water partition coefficient (Wildman–Crippen LogP) is 4.73. The molecule has 1 aromatic carbocycles. The molecule has 0 N–H and O–H groups in total. The normalized spacial score (nSPS) is 16.2. The molecule has 0 unspecified atom stereocenters. The molecule has 8 rings (SSSR count). The molecule has 3 aliphatic rings. The summed E-state index contributed by atoms with van der Waals surface area (Å²) in [4.78, 5) is 53.5. The smallest absolute Gasteiger partial charge is 0.289 e. The maximum atomic E-state index is 12.7. The molecule has 0 bridgehead atoms. The van der Waals surface area contributed by atoms with Gasteiger partial charge in [-0.1, -0.05) is 0 Å². The number of hydrogen-bond acceptors (Lipinski definition) is 12. The summed E-state index contributed by atoms with van der Waals surface area (Å²) in [7, 11) is 3.22. The number of ketones is 2. The Morgan fingerprint density at radius 2 is 1.33 bits per heavy atom. The number of hydrogen-bond donors (Lipinski definition) is 0. The summed E-state index contributed by atoms with van der Waals surface area (Å²) in [6.07, 6.45) is 0. The van der Waals surface area contributed by atoms with Gasteiger partial charge in [-0.15, -0.1) is 22.7 Å². The Balaban J connectivity index is 0.000000147. The Labute approximate surface area is 269 Å². The van der Waals surface area contributed by atoms with E-state index in [0.717, 1.165) is 15.5 Å². The molecular formula is C32H28N2O10S2. The van der Waals surface area contributed by atoms with Crippen LogP contribution in [0.5, 0.6) is 11.5 Å². The zero-order valence-electron chi connectivity index (χ0n) is 24.9. The van der Waals surface area contributed by atoms with Crippen molar-refractivity contribution in [3.63, 3.8) is 0 Å². The summed E-state index contributed by atoms with van der Waals surface area (Å²) in [6, 6.07) is 6.73. The van der Waals surface area contributed by atoms with E-state index in [1.807, 2.05) is 11.4 Å². The number of benzene rings is 1. The number of thiophene rings is 2. The van der Waals surface area contributed by atoms with Crippen LogP contribution in [0.25, 0.3) is 21.1 Å². The lowest BCUT2D eigenvalue weighted by Crippen LogP contribution is -2.40. The van der Waals surface area contributed by atoms with Crippen molar-refractivity contribution >= 4 is 67.1 Å². The molecule has 6 heterocycles. The van der Waals surface area contributed by atoms with Crippen molar-refractivity contribution in [2.75, 3.05) is 66.8 Å². The maximum Gasteiger partial charge on any atom is 0.289 e. The Hall–Kier alpha value is -4.50. The molecule has 0 radical (unpaired) electrons. The van der Waals surface area contributed by atoms with Gasteiger partial charge in [0.1, 0.15) is 5.75 Å². The molecule has 2 amide bonds. The number of amides is 2. The number of furan rings is 2. The van der Waals surface area contributed by atoms with Crippen molar-refractivity contribution in [1.29, 1.82) is 0 Å². The summed E-state index contributed by atoms with van der Waals surface area (Å²) in [5, 5.41) is 5.38.